The molecule has 3 N–H and O–H groups in total. The van der Waals surface area contributed by atoms with Gasteiger partial charge in [-0.25, -0.2) is 15.0 Å². The van der Waals surface area contributed by atoms with Crippen LogP contribution in [0.4, 0.5) is 10.9 Å². The third-order valence-corrected chi connectivity index (χ3v) is 4.60. The highest BCUT2D eigenvalue weighted by Gasteiger charge is 2.17. The zero-order chi connectivity index (χ0) is 16.8. The van der Waals surface area contributed by atoms with Crippen LogP contribution >= 0.6 is 11.3 Å². The van der Waals surface area contributed by atoms with E-state index in [1.165, 1.54) is 17.8 Å². The van der Waals surface area contributed by atoms with Crippen molar-refractivity contribution < 1.29 is 4.79 Å². The number of aromatic nitrogens is 3. The van der Waals surface area contributed by atoms with Crippen LogP contribution in [0.25, 0.3) is 0 Å². The van der Waals surface area contributed by atoms with Crippen molar-refractivity contribution in [1.82, 2.24) is 20.3 Å². The smallest absolute Gasteiger partial charge is 0.227 e. The van der Waals surface area contributed by atoms with Crippen LogP contribution < -0.4 is 16.0 Å². The van der Waals surface area contributed by atoms with Gasteiger partial charge in [-0.3, -0.25) is 4.79 Å². The maximum atomic E-state index is 11.9. The molecule has 1 saturated heterocycles. The lowest BCUT2D eigenvalue weighted by molar-refractivity contribution is -0.115. The van der Waals surface area contributed by atoms with Crippen molar-refractivity contribution in [3.63, 3.8) is 0 Å². The van der Waals surface area contributed by atoms with Gasteiger partial charge in [0, 0.05) is 43.1 Å². The number of nitrogens with one attached hydrogen (secondary N) is 3. The van der Waals surface area contributed by atoms with Crippen molar-refractivity contribution in [1.29, 1.82) is 0 Å². The lowest BCUT2D eigenvalue weighted by Crippen LogP contribution is -2.29. The average molecular weight is 346 g/mol. The van der Waals surface area contributed by atoms with Crippen LogP contribution in [-0.2, 0) is 4.79 Å². The molecular formula is C16H22N6OS. The molecule has 0 unspecified atom stereocenters. The Kier molecular flexibility index (Phi) is 5.71. The first-order chi connectivity index (χ1) is 11.7. The minimum absolute atomic E-state index is 0.0556. The Balaban J connectivity index is 1.52. The van der Waals surface area contributed by atoms with Gasteiger partial charge in [0.25, 0.3) is 0 Å². The SMILES string of the molecule is Cc1nc(NCCC(=O)Nc2nccs2)cc([C@H]2CCCNC2)n1. The topological polar surface area (TPSA) is 91.8 Å². The van der Waals surface area contributed by atoms with Crippen molar-refractivity contribution in [2.75, 3.05) is 30.3 Å². The summed E-state index contributed by atoms with van der Waals surface area (Å²) in [6.45, 7) is 4.47. The lowest BCUT2D eigenvalue weighted by Gasteiger charge is -2.22. The summed E-state index contributed by atoms with van der Waals surface area (Å²) in [5.41, 5.74) is 1.07. The van der Waals surface area contributed by atoms with Gasteiger partial charge < -0.3 is 16.0 Å². The second-order valence-corrected chi connectivity index (χ2v) is 6.73. The van der Waals surface area contributed by atoms with E-state index in [0.717, 1.165) is 36.8 Å². The summed E-state index contributed by atoms with van der Waals surface area (Å²) in [5.74, 6) is 1.92. The number of hydrogen-bond acceptors (Lipinski definition) is 7. The molecule has 0 spiro atoms. The second-order valence-electron chi connectivity index (χ2n) is 5.83. The van der Waals surface area contributed by atoms with E-state index in [9.17, 15) is 4.79 Å². The van der Waals surface area contributed by atoms with Crippen molar-refractivity contribution in [2.45, 2.75) is 32.1 Å². The predicted octanol–water partition coefficient (Wildman–Crippen LogP) is 2.15. The van der Waals surface area contributed by atoms with E-state index < -0.39 is 0 Å². The first kappa shape index (κ1) is 16.8. The first-order valence-electron chi connectivity index (χ1n) is 8.20. The predicted molar refractivity (Wildman–Crippen MR) is 95.5 cm³/mol. The van der Waals surface area contributed by atoms with Crippen molar-refractivity contribution in [2.24, 2.45) is 0 Å². The lowest BCUT2D eigenvalue weighted by atomic mass is 9.96. The standard InChI is InChI=1S/C16H22N6OS/c1-11-20-13(12-3-2-5-17-10-12)9-14(21-11)18-6-4-15(23)22-16-19-7-8-24-16/h7-9,12,17H,2-6,10H2,1H3,(H,18,20,21)(H,19,22,23)/t12-/m0/s1. The van der Waals surface area contributed by atoms with E-state index in [-0.39, 0.29) is 5.91 Å². The molecule has 1 aliphatic rings. The minimum Gasteiger partial charge on any atom is -0.369 e. The molecule has 1 fully saturated rings. The van der Waals surface area contributed by atoms with E-state index >= 15 is 0 Å². The molecule has 1 atom stereocenters. The highest BCUT2D eigenvalue weighted by atomic mass is 32.1. The fraction of sp³-hybridized carbons (Fsp3) is 0.500. The number of piperidine rings is 1. The maximum absolute atomic E-state index is 11.9. The Morgan fingerprint density at radius 3 is 3.12 bits per heavy atom. The molecule has 1 aliphatic heterocycles. The molecular weight excluding hydrogens is 324 g/mol. The third-order valence-electron chi connectivity index (χ3n) is 3.91. The number of thiazole rings is 1. The molecule has 3 heterocycles. The highest BCUT2D eigenvalue weighted by molar-refractivity contribution is 7.13. The van der Waals surface area contributed by atoms with Gasteiger partial charge in [0.1, 0.15) is 11.6 Å². The van der Waals surface area contributed by atoms with E-state index in [1.807, 2.05) is 18.4 Å². The van der Waals surface area contributed by atoms with E-state index in [2.05, 4.69) is 30.9 Å². The van der Waals surface area contributed by atoms with Gasteiger partial charge in [-0.15, -0.1) is 11.3 Å². The van der Waals surface area contributed by atoms with Crippen LogP contribution in [0.5, 0.6) is 0 Å². The molecule has 0 radical (unpaired) electrons. The van der Waals surface area contributed by atoms with E-state index in [4.69, 9.17) is 0 Å². The van der Waals surface area contributed by atoms with Gasteiger partial charge >= 0.3 is 0 Å². The Bertz CT molecular complexity index is 669. The molecule has 1 amide bonds. The number of aryl methyl sites for hydroxylation is 1. The molecule has 3 rings (SSSR count). The van der Waals surface area contributed by atoms with E-state index in [1.54, 1.807) is 6.20 Å². The van der Waals surface area contributed by atoms with Gasteiger partial charge in [-0.05, 0) is 26.3 Å². The molecule has 2 aromatic rings. The average Bonchev–Trinajstić information content (AvgIpc) is 3.08. The fourth-order valence-electron chi connectivity index (χ4n) is 2.77. The monoisotopic (exact) mass is 346 g/mol. The largest absolute Gasteiger partial charge is 0.369 e. The fourth-order valence-corrected chi connectivity index (χ4v) is 3.31. The number of anilines is 2. The number of carbonyl (C=O) groups is 1. The summed E-state index contributed by atoms with van der Waals surface area (Å²) in [6, 6.07) is 2.00. The molecule has 24 heavy (non-hydrogen) atoms. The van der Waals surface area contributed by atoms with Crippen LogP contribution in [0.2, 0.25) is 0 Å². The summed E-state index contributed by atoms with van der Waals surface area (Å²) in [5, 5.41) is 11.9. The second kappa shape index (κ2) is 8.16. The molecule has 0 saturated carbocycles. The summed E-state index contributed by atoms with van der Waals surface area (Å²) in [4.78, 5) is 24.9. The summed E-state index contributed by atoms with van der Waals surface area (Å²) < 4.78 is 0. The van der Waals surface area contributed by atoms with Crippen molar-refractivity contribution in [3.8, 4) is 0 Å². The molecule has 0 aliphatic carbocycles. The third kappa shape index (κ3) is 4.72. The van der Waals surface area contributed by atoms with Gasteiger partial charge in [0.05, 0.1) is 5.69 Å². The van der Waals surface area contributed by atoms with Gasteiger partial charge in [-0.1, -0.05) is 0 Å². The van der Waals surface area contributed by atoms with Gasteiger partial charge in [-0.2, -0.15) is 0 Å². The normalized spacial score (nSPS) is 17.5. The minimum atomic E-state index is -0.0556. The highest BCUT2D eigenvalue weighted by Crippen LogP contribution is 2.23. The Morgan fingerprint density at radius 1 is 1.46 bits per heavy atom. The molecule has 0 aromatic carbocycles. The van der Waals surface area contributed by atoms with Crippen LogP contribution in [-0.4, -0.2) is 40.5 Å². The summed E-state index contributed by atoms with van der Waals surface area (Å²) in [6.07, 6.45) is 4.36. The van der Waals surface area contributed by atoms with Gasteiger partial charge in [0.15, 0.2) is 5.13 Å². The van der Waals surface area contributed by atoms with Gasteiger partial charge in [0.2, 0.25) is 5.91 Å². The summed E-state index contributed by atoms with van der Waals surface area (Å²) >= 11 is 1.41. The number of amides is 1. The van der Waals surface area contributed by atoms with Crippen LogP contribution in [0.3, 0.4) is 0 Å². The number of rotatable bonds is 6. The molecule has 0 bridgehead atoms. The number of carbonyl (C=O) groups excluding carboxylic acids is 1. The van der Waals surface area contributed by atoms with Crippen molar-refractivity contribution >= 4 is 28.2 Å². The number of hydrogen-bond donors (Lipinski definition) is 3. The molecule has 7 nitrogen and oxygen atoms in total. The van der Waals surface area contributed by atoms with Crippen LogP contribution in [0.1, 0.15) is 36.7 Å². The molecule has 128 valence electrons. The zero-order valence-corrected chi connectivity index (χ0v) is 14.5. The van der Waals surface area contributed by atoms with Crippen molar-refractivity contribution in [3.05, 3.63) is 29.2 Å². The first-order valence-corrected chi connectivity index (χ1v) is 9.08. The molecule has 2 aromatic heterocycles. The van der Waals surface area contributed by atoms with E-state index in [0.29, 0.717) is 24.0 Å². The quantitative estimate of drug-likeness (QED) is 0.742. The Labute approximate surface area is 145 Å². The van der Waals surface area contributed by atoms with Crippen LogP contribution in [0, 0.1) is 6.92 Å². The molecule has 8 heteroatoms. The Hall–Kier alpha value is -2.06. The van der Waals surface area contributed by atoms with Crippen LogP contribution in [0.15, 0.2) is 17.6 Å². The summed E-state index contributed by atoms with van der Waals surface area (Å²) in [7, 11) is 0. The zero-order valence-electron chi connectivity index (χ0n) is 13.7. The maximum Gasteiger partial charge on any atom is 0.227 e. The number of nitrogens with zero attached hydrogens (tertiary/aromatic N) is 3. The Morgan fingerprint density at radius 2 is 2.38 bits per heavy atom.